The summed E-state index contributed by atoms with van der Waals surface area (Å²) in [4.78, 5) is 12.1. The summed E-state index contributed by atoms with van der Waals surface area (Å²) in [7, 11) is 0. The number of carbonyl (C=O) groups is 1. The van der Waals surface area contributed by atoms with Gasteiger partial charge in [-0.15, -0.1) is 12.4 Å². The van der Waals surface area contributed by atoms with Gasteiger partial charge >= 0.3 is 0 Å². The lowest BCUT2D eigenvalue weighted by Gasteiger charge is -2.28. The quantitative estimate of drug-likeness (QED) is 0.898. The third kappa shape index (κ3) is 4.10. The average molecular weight is 303 g/mol. The van der Waals surface area contributed by atoms with E-state index in [1.165, 1.54) is 0 Å². The number of carbonyl (C=O) groups excluding carboxylic acids is 1. The van der Waals surface area contributed by atoms with Crippen LogP contribution in [0.15, 0.2) is 24.3 Å². The van der Waals surface area contributed by atoms with Crippen molar-refractivity contribution in [2.45, 2.75) is 37.6 Å². The second kappa shape index (κ2) is 7.13. The van der Waals surface area contributed by atoms with Crippen LogP contribution >= 0.6 is 24.0 Å². The van der Waals surface area contributed by atoms with Crippen molar-refractivity contribution in [2.24, 2.45) is 5.73 Å². The van der Waals surface area contributed by atoms with Crippen LogP contribution in [0.1, 0.15) is 31.2 Å². The van der Waals surface area contributed by atoms with Gasteiger partial charge in [0.2, 0.25) is 5.91 Å². The first-order valence-electron chi connectivity index (χ1n) is 6.40. The van der Waals surface area contributed by atoms with Gasteiger partial charge in [0, 0.05) is 11.6 Å². The fraction of sp³-hybridized carbons (Fsp3) is 0.500. The molecule has 0 heterocycles. The number of hydrogen-bond acceptors (Lipinski definition) is 2. The summed E-state index contributed by atoms with van der Waals surface area (Å²) in [6, 6.07) is 7.44. The molecule has 1 saturated carbocycles. The monoisotopic (exact) mass is 302 g/mol. The van der Waals surface area contributed by atoms with Gasteiger partial charge in [-0.2, -0.15) is 0 Å². The molecule has 1 fully saturated rings. The molecule has 0 spiro atoms. The van der Waals surface area contributed by atoms with E-state index in [9.17, 15) is 4.79 Å². The molecule has 19 heavy (non-hydrogen) atoms. The first-order chi connectivity index (χ1) is 8.65. The van der Waals surface area contributed by atoms with Crippen LogP contribution in [0.3, 0.4) is 0 Å². The van der Waals surface area contributed by atoms with Gasteiger partial charge in [-0.25, -0.2) is 0 Å². The van der Waals surface area contributed by atoms with E-state index in [0.29, 0.717) is 18.0 Å². The Bertz CT molecular complexity index is 431. The van der Waals surface area contributed by atoms with Crippen LogP contribution in [-0.2, 0) is 11.2 Å². The summed E-state index contributed by atoms with van der Waals surface area (Å²) in [6.07, 6.45) is 4.57. The Morgan fingerprint density at radius 1 is 1.32 bits per heavy atom. The summed E-state index contributed by atoms with van der Waals surface area (Å²) in [6.45, 7) is 0.515. The first-order valence-corrected chi connectivity index (χ1v) is 6.77. The fourth-order valence-electron chi connectivity index (χ4n) is 2.59. The van der Waals surface area contributed by atoms with Crippen molar-refractivity contribution in [3.63, 3.8) is 0 Å². The SMILES string of the molecule is Cl.NCC1(NC(=O)Cc2ccccc2Cl)CCCC1. The van der Waals surface area contributed by atoms with Gasteiger partial charge < -0.3 is 11.1 Å². The van der Waals surface area contributed by atoms with Crippen molar-refractivity contribution in [1.82, 2.24) is 5.32 Å². The third-order valence-electron chi connectivity index (χ3n) is 3.66. The molecule has 5 heteroatoms. The van der Waals surface area contributed by atoms with E-state index < -0.39 is 0 Å². The lowest BCUT2D eigenvalue weighted by atomic mass is 9.97. The zero-order chi connectivity index (χ0) is 13.0. The standard InChI is InChI=1S/C14H19ClN2O.ClH/c15-12-6-2-1-5-11(12)9-13(18)17-14(10-16)7-3-4-8-14;/h1-2,5-6H,3-4,7-10,16H2,(H,17,18);1H. The smallest absolute Gasteiger partial charge is 0.224 e. The maximum absolute atomic E-state index is 12.1. The molecule has 0 aromatic heterocycles. The lowest BCUT2D eigenvalue weighted by Crippen LogP contribution is -2.52. The number of halogens is 2. The fourth-order valence-corrected chi connectivity index (χ4v) is 2.79. The minimum absolute atomic E-state index is 0. The van der Waals surface area contributed by atoms with Gasteiger partial charge in [0.1, 0.15) is 0 Å². The summed E-state index contributed by atoms with van der Waals surface area (Å²) in [5, 5.41) is 3.73. The highest BCUT2D eigenvalue weighted by Crippen LogP contribution is 2.28. The molecule has 0 radical (unpaired) electrons. The molecule has 0 bridgehead atoms. The number of amides is 1. The summed E-state index contributed by atoms with van der Waals surface area (Å²) in [5.74, 6) is 0.00968. The molecule has 3 nitrogen and oxygen atoms in total. The Morgan fingerprint density at radius 3 is 2.53 bits per heavy atom. The molecule has 0 saturated heterocycles. The number of nitrogens with one attached hydrogen (secondary N) is 1. The minimum atomic E-state index is -0.182. The Labute approximate surface area is 125 Å². The largest absolute Gasteiger partial charge is 0.349 e. The minimum Gasteiger partial charge on any atom is -0.349 e. The van der Waals surface area contributed by atoms with Gasteiger partial charge in [0.05, 0.1) is 12.0 Å². The third-order valence-corrected chi connectivity index (χ3v) is 4.03. The highest BCUT2D eigenvalue weighted by Gasteiger charge is 2.33. The maximum Gasteiger partial charge on any atom is 0.224 e. The molecule has 1 aromatic carbocycles. The molecule has 106 valence electrons. The van der Waals surface area contributed by atoms with Gasteiger partial charge in [-0.1, -0.05) is 42.6 Å². The predicted octanol–water partition coefficient (Wildman–Crippen LogP) is 2.69. The highest BCUT2D eigenvalue weighted by molar-refractivity contribution is 6.31. The van der Waals surface area contributed by atoms with Crippen LogP contribution in [0, 0.1) is 0 Å². The maximum atomic E-state index is 12.1. The van der Waals surface area contributed by atoms with Crippen molar-refractivity contribution in [3.8, 4) is 0 Å². The molecular formula is C14H20Cl2N2O. The van der Waals surface area contributed by atoms with Crippen LogP contribution in [0.4, 0.5) is 0 Å². The van der Waals surface area contributed by atoms with Crippen molar-refractivity contribution in [1.29, 1.82) is 0 Å². The summed E-state index contributed by atoms with van der Waals surface area (Å²) in [5.41, 5.74) is 6.48. The molecular weight excluding hydrogens is 283 g/mol. The van der Waals surface area contributed by atoms with Crippen molar-refractivity contribution in [2.75, 3.05) is 6.54 Å². The number of nitrogens with two attached hydrogens (primary N) is 1. The molecule has 1 aromatic rings. The lowest BCUT2D eigenvalue weighted by molar-refractivity contribution is -0.122. The molecule has 1 aliphatic carbocycles. The molecule has 2 rings (SSSR count). The molecule has 0 unspecified atom stereocenters. The first kappa shape index (κ1) is 16.3. The summed E-state index contributed by atoms with van der Waals surface area (Å²) >= 11 is 6.05. The summed E-state index contributed by atoms with van der Waals surface area (Å²) < 4.78 is 0. The van der Waals surface area contributed by atoms with Crippen LogP contribution in [0.25, 0.3) is 0 Å². The zero-order valence-electron chi connectivity index (χ0n) is 10.8. The van der Waals surface area contributed by atoms with Crippen LogP contribution in [-0.4, -0.2) is 18.0 Å². The van der Waals surface area contributed by atoms with Gasteiger partial charge in [0.25, 0.3) is 0 Å². The Balaban J connectivity index is 0.00000180. The van der Waals surface area contributed by atoms with E-state index in [2.05, 4.69) is 5.32 Å². The van der Waals surface area contributed by atoms with Gasteiger partial charge in [0.15, 0.2) is 0 Å². The predicted molar refractivity (Wildman–Crippen MR) is 80.8 cm³/mol. The van der Waals surface area contributed by atoms with Crippen LogP contribution in [0.5, 0.6) is 0 Å². The highest BCUT2D eigenvalue weighted by atomic mass is 35.5. The van der Waals surface area contributed by atoms with Crippen molar-refractivity contribution < 1.29 is 4.79 Å². The van der Waals surface area contributed by atoms with E-state index in [4.69, 9.17) is 17.3 Å². The molecule has 3 N–H and O–H groups in total. The van der Waals surface area contributed by atoms with Crippen LogP contribution in [0.2, 0.25) is 5.02 Å². The van der Waals surface area contributed by atoms with Crippen LogP contribution < -0.4 is 11.1 Å². The van der Waals surface area contributed by atoms with E-state index in [-0.39, 0.29) is 23.9 Å². The molecule has 0 aliphatic heterocycles. The Hall–Kier alpha value is -0.770. The molecule has 0 atom stereocenters. The number of rotatable bonds is 4. The average Bonchev–Trinajstić information content (AvgIpc) is 2.81. The van der Waals surface area contributed by atoms with Gasteiger partial charge in [-0.3, -0.25) is 4.79 Å². The second-order valence-corrected chi connectivity index (χ2v) is 5.42. The zero-order valence-corrected chi connectivity index (χ0v) is 12.4. The normalized spacial score (nSPS) is 16.7. The van der Waals surface area contributed by atoms with Crippen molar-refractivity contribution >= 4 is 29.9 Å². The van der Waals surface area contributed by atoms with E-state index in [1.807, 2.05) is 18.2 Å². The topological polar surface area (TPSA) is 55.1 Å². The van der Waals surface area contributed by atoms with E-state index in [1.54, 1.807) is 6.07 Å². The van der Waals surface area contributed by atoms with E-state index >= 15 is 0 Å². The molecule has 1 aliphatic rings. The second-order valence-electron chi connectivity index (χ2n) is 5.01. The van der Waals surface area contributed by atoms with Crippen molar-refractivity contribution in [3.05, 3.63) is 34.9 Å². The Morgan fingerprint density at radius 2 is 1.95 bits per heavy atom. The number of benzene rings is 1. The Kier molecular flexibility index (Phi) is 6.11. The number of hydrogen-bond donors (Lipinski definition) is 2. The van der Waals surface area contributed by atoms with E-state index in [0.717, 1.165) is 31.2 Å². The van der Waals surface area contributed by atoms with Gasteiger partial charge in [-0.05, 0) is 24.5 Å². The molecule has 1 amide bonds.